The standard InChI is InChI=1S/C16H13N3O2S/c20-13-7-6-12(15(21)8-13)9-17-19-10-14(18-16(19)22)11-4-2-1-3-5-11/h1-10,20-21H,(H,18,22). The van der Waals surface area contributed by atoms with Gasteiger partial charge in [-0.1, -0.05) is 30.3 Å². The molecule has 110 valence electrons. The summed E-state index contributed by atoms with van der Waals surface area (Å²) in [6.07, 6.45) is 3.26. The van der Waals surface area contributed by atoms with Gasteiger partial charge in [-0.25, -0.2) is 4.68 Å². The molecule has 0 aliphatic carbocycles. The predicted octanol–water partition coefficient (Wildman–Crippen LogP) is 3.51. The number of nitrogens with one attached hydrogen (secondary N) is 1. The van der Waals surface area contributed by atoms with Gasteiger partial charge < -0.3 is 15.2 Å². The fourth-order valence-electron chi connectivity index (χ4n) is 2.00. The third kappa shape index (κ3) is 2.91. The first kappa shape index (κ1) is 14.1. The molecule has 6 heteroatoms. The predicted molar refractivity (Wildman–Crippen MR) is 87.8 cm³/mol. The summed E-state index contributed by atoms with van der Waals surface area (Å²) in [5.74, 6) is -0.0478. The van der Waals surface area contributed by atoms with Crippen LogP contribution in [-0.4, -0.2) is 26.1 Å². The van der Waals surface area contributed by atoms with Crippen molar-refractivity contribution >= 4 is 18.4 Å². The average molecular weight is 311 g/mol. The van der Waals surface area contributed by atoms with Crippen LogP contribution in [-0.2, 0) is 0 Å². The van der Waals surface area contributed by atoms with Crippen molar-refractivity contribution in [1.29, 1.82) is 0 Å². The van der Waals surface area contributed by atoms with Gasteiger partial charge in [0.1, 0.15) is 11.5 Å². The summed E-state index contributed by atoms with van der Waals surface area (Å²) in [5, 5.41) is 23.2. The highest BCUT2D eigenvalue weighted by molar-refractivity contribution is 7.71. The van der Waals surface area contributed by atoms with Crippen LogP contribution in [0, 0.1) is 4.77 Å². The second-order valence-electron chi connectivity index (χ2n) is 4.67. The number of imidazole rings is 1. The molecule has 0 aliphatic heterocycles. The number of phenols is 2. The summed E-state index contributed by atoms with van der Waals surface area (Å²) in [4.78, 5) is 3.08. The largest absolute Gasteiger partial charge is 0.508 e. The molecular weight excluding hydrogens is 298 g/mol. The van der Waals surface area contributed by atoms with Crippen LogP contribution in [0.1, 0.15) is 5.56 Å². The number of hydrogen-bond acceptors (Lipinski definition) is 4. The lowest BCUT2D eigenvalue weighted by atomic mass is 10.2. The van der Waals surface area contributed by atoms with Gasteiger partial charge in [-0.15, -0.1) is 0 Å². The van der Waals surface area contributed by atoms with Crippen molar-refractivity contribution in [3.63, 3.8) is 0 Å². The molecule has 0 radical (unpaired) electrons. The number of aromatic hydroxyl groups is 2. The Balaban J connectivity index is 1.92. The molecule has 0 aliphatic rings. The van der Waals surface area contributed by atoms with Gasteiger partial charge in [0, 0.05) is 11.6 Å². The van der Waals surface area contributed by atoms with Crippen molar-refractivity contribution < 1.29 is 10.2 Å². The number of aromatic nitrogens is 2. The van der Waals surface area contributed by atoms with Gasteiger partial charge in [0.15, 0.2) is 4.77 Å². The first-order valence-corrected chi connectivity index (χ1v) is 6.98. The van der Waals surface area contributed by atoms with Crippen LogP contribution >= 0.6 is 12.2 Å². The minimum atomic E-state index is -0.0471. The Kier molecular flexibility index (Phi) is 3.76. The van der Waals surface area contributed by atoms with E-state index in [1.165, 1.54) is 23.0 Å². The lowest BCUT2D eigenvalue weighted by molar-refractivity contribution is 0.450. The van der Waals surface area contributed by atoms with E-state index in [2.05, 4.69) is 10.1 Å². The molecule has 0 amide bonds. The third-order valence-corrected chi connectivity index (χ3v) is 3.41. The van der Waals surface area contributed by atoms with Crippen LogP contribution in [0.2, 0.25) is 0 Å². The molecule has 5 nitrogen and oxygen atoms in total. The third-order valence-electron chi connectivity index (χ3n) is 3.12. The van der Waals surface area contributed by atoms with Crippen LogP contribution in [0.25, 0.3) is 11.3 Å². The van der Waals surface area contributed by atoms with Gasteiger partial charge >= 0.3 is 0 Å². The number of benzene rings is 2. The Morgan fingerprint density at radius 2 is 1.86 bits per heavy atom. The van der Waals surface area contributed by atoms with Gasteiger partial charge in [0.25, 0.3) is 0 Å². The highest BCUT2D eigenvalue weighted by atomic mass is 32.1. The zero-order valence-electron chi connectivity index (χ0n) is 11.5. The molecule has 3 N–H and O–H groups in total. The van der Waals surface area contributed by atoms with E-state index in [9.17, 15) is 10.2 Å². The topological polar surface area (TPSA) is 73.5 Å². The Labute approximate surface area is 131 Å². The van der Waals surface area contributed by atoms with Crippen LogP contribution < -0.4 is 0 Å². The van der Waals surface area contributed by atoms with E-state index in [-0.39, 0.29) is 11.5 Å². The van der Waals surface area contributed by atoms with Crippen LogP contribution in [0.15, 0.2) is 59.8 Å². The van der Waals surface area contributed by atoms with Crippen LogP contribution in [0.5, 0.6) is 11.5 Å². The van der Waals surface area contributed by atoms with E-state index in [1.54, 1.807) is 12.3 Å². The van der Waals surface area contributed by atoms with Gasteiger partial charge in [-0.2, -0.15) is 5.10 Å². The Hall–Kier alpha value is -2.86. The summed E-state index contributed by atoms with van der Waals surface area (Å²) in [7, 11) is 0. The fraction of sp³-hybridized carbons (Fsp3) is 0. The molecule has 22 heavy (non-hydrogen) atoms. The highest BCUT2D eigenvalue weighted by Gasteiger charge is 2.03. The lowest BCUT2D eigenvalue weighted by Crippen LogP contribution is -1.89. The van der Waals surface area contributed by atoms with E-state index < -0.39 is 0 Å². The van der Waals surface area contributed by atoms with E-state index in [4.69, 9.17) is 12.2 Å². The van der Waals surface area contributed by atoms with Crippen LogP contribution in [0.4, 0.5) is 0 Å². The number of H-pyrrole nitrogens is 1. The molecule has 1 aromatic heterocycles. The fourth-order valence-corrected chi connectivity index (χ4v) is 2.21. The molecule has 0 spiro atoms. The number of aromatic amines is 1. The first-order chi connectivity index (χ1) is 10.6. The first-order valence-electron chi connectivity index (χ1n) is 6.57. The number of hydrogen-bond donors (Lipinski definition) is 3. The van der Waals surface area contributed by atoms with E-state index in [0.29, 0.717) is 10.3 Å². The van der Waals surface area contributed by atoms with E-state index in [1.807, 2.05) is 30.3 Å². The number of nitrogens with zero attached hydrogens (tertiary/aromatic N) is 2. The van der Waals surface area contributed by atoms with Gasteiger partial charge in [0.05, 0.1) is 18.1 Å². The molecule has 0 fully saturated rings. The van der Waals surface area contributed by atoms with Gasteiger partial charge in [-0.05, 0) is 29.9 Å². The summed E-state index contributed by atoms with van der Waals surface area (Å²) in [6, 6.07) is 14.1. The highest BCUT2D eigenvalue weighted by Crippen LogP contribution is 2.21. The van der Waals surface area contributed by atoms with Gasteiger partial charge in [-0.3, -0.25) is 0 Å². The smallest absolute Gasteiger partial charge is 0.198 e. The summed E-state index contributed by atoms with van der Waals surface area (Å²) >= 11 is 5.23. The minimum Gasteiger partial charge on any atom is -0.508 e. The van der Waals surface area contributed by atoms with Crippen LogP contribution in [0.3, 0.4) is 0 Å². The maximum atomic E-state index is 9.73. The molecule has 0 saturated heterocycles. The second kappa shape index (κ2) is 5.87. The maximum absolute atomic E-state index is 9.73. The summed E-state index contributed by atoms with van der Waals surface area (Å²) in [6.45, 7) is 0. The maximum Gasteiger partial charge on any atom is 0.198 e. The molecule has 0 bridgehead atoms. The lowest BCUT2D eigenvalue weighted by Gasteiger charge is -1.99. The van der Waals surface area contributed by atoms with E-state index >= 15 is 0 Å². The average Bonchev–Trinajstić information content (AvgIpc) is 2.88. The molecule has 3 rings (SSSR count). The van der Waals surface area contributed by atoms with Crippen molar-refractivity contribution in [2.24, 2.45) is 5.10 Å². The van der Waals surface area contributed by atoms with Crippen molar-refractivity contribution in [3.8, 4) is 22.8 Å². The van der Waals surface area contributed by atoms with Crippen molar-refractivity contribution in [3.05, 3.63) is 65.1 Å². The molecule has 3 aromatic rings. The SMILES string of the molecule is Oc1ccc(C=Nn2cc(-c3ccccc3)[nH]c2=S)c(O)c1. The molecular formula is C16H13N3O2S. The van der Waals surface area contributed by atoms with Crippen molar-refractivity contribution in [1.82, 2.24) is 9.66 Å². The molecule has 0 saturated carbocycles. The summed E-state index contributed by atoms with van der Waals surface area (Å²) < 4.78 is 1.97. The number of rotatable bonds is 3. The zero-order valence-corrected chi connectivity index (χ0v) is 12.3. The monoisotopic (exact) mass is 311 g/mol. The van der Waals surface area contributed by atoms with Gasteiger partial charge in [0.2, 0.25) is 0 Å². The normalized spacial score (nSPS) is 11.1. The molecule has 1 heterocycles. The minimum absolute atomic E-state index is 0.000676. The Bertz CT molecular complexity index is 882. The Morgan fingerprint density at radius 1 is 1.09 bits per heavy atom. The molecule has 2 aromatic carbocycles. The molecule has 0 atom stereocenters. The van der Waals surface area contributed by atoms with Crippen molar-refractivity contribution in [2.45, 2.75) is 0 Å². The van der Waals surface area contributed by atoms with Crippen molar-refractivity contribution in [2.75, 3.05) is 0 Å². The second-order valence-corrected chi connectivity index (χ2v) is 5.06. The molecule has 0 unspecified atom stereocenters. The quantitative estimate of drug-likeness (QED) is 0.512. The Morgan fingerprint density at radius 3 is 2.59 bits per heavy atom. The summed E-state index contributed by atoms with van der Waals surface area (Å²) in [5.41, 5.74) is 2.36. The number of phenolic OH excluding ortho intramolecular Hbond substituents is 2. The van der Waals surface area contributed by atoms with E-state index in [0.717, 1.165) is 11.3 Å². The zero-order chi connectivity index (χ0) is 15.5.